The first kappa shape index (κ1) is 28.7. The summed E-state index contributed by atoms with van der Waals surface area (Å²) in [4.78, 5) is 12.8. The smallest absolute Gasteiger partial charge is 0.269 e. The van der Waals surface area contributed by atoms with Crippen molar-refractivity contribution in [1.29, 1.82) is 0 Å². The minimum Gasteiger partial charge on any atom is -0.490 e. The molecule has 1 aliphatic heterocycles. The van der Waals surface area contributed by atoms with Gasteiger partial charge in [-0.1, -0.05) is 36.4 Å². The number of ether oxygens (including phenoxy) is 2. The van der Waals surface area contributed by atoms with Crippen LogP contribution in [0, 0.1) is 10.1 Å². The number of nitro groups is 1. The molecule has 0 aromatic heterocycles. The van der Waals surface area contributed by atoms with Crippen LogP contribution in [0.5, 0.6) is 11.5 Å². The van der Waals surface area contributed by atoms with Gasteiger partial charge < -0.3 is 25.0 Å². The van der Waals surface area contributed by atoms with Crippen LogP contribution >= 0.6 is 0 Å². The van der Waals surface area contributed by atoms with Crippen molar-refractivity contribution in [2.24, 2.45) is 10.2 Å². The Morgan fingerprint density at radius 1 is 0.667 bits per heavy atom. The van der Waals surface area contributed by atoms with Crippen molar-refractivity contribution in [1.82, 2.24) is 10.6 Å². The van der Waals surface area contributed by atoms with Gasteiger partial charge in [-0.3, -0.25) is 10.1 Å². The molecule has 1 heterocycles. The monoisotopic (exact) mass is 566 g/mol. The van der Waals surface area contributed by atoms with E-state index >= 15 is 0 Å². The van der Waals surface area contributed by atoms with E-state index < -0.39 is 4.92 Å². The van der Waals surface area contributed by atoms with Crippen molar-refractivity contribution in [3.8, 4) is 11.5 Å². The van der Waals surface area contributed by atoms with Crippen LogP contribution in [-0.2, 0) is 13.1 Å². The number of hydrogen-bond donors (Lipinski definition) is 2. The van der Waals surface area contributed by atoms with Gasteiger partial charge in [0.15, 0.2) is 0 Å². The molecular weight excluding hydrogens is 532 g/mol. The topological polar surface area (TPSA) is 114 Å². The number of nitrogens with one attached hydrogen (secondary N) is 2. The van der Waals surface area contributed by atoms with Gasteiger partial charge in [0.05, 0.1) is 16.3 Å². The van der Waals surface area contributed by atoms with Crippen molar-refractivity contribution in [2.45, 2.75) is 13.1 Å². The lowest BCUT2D eigenvalue weighted by Gasteiger charge is -2.25. The molecular formula is C32H34N6O4. The van der Waals surface area contributed by atoms with Gasteiger partial charge in [-0.05, 0) is 48.5 Å². The Balaban J connectivity index is 1.27. The van der Waals surface area contributed by atoms with Gasteiger partial charge >= 0.3 is 0 Å². The van der Waals surface area contributed by atoms with Crippen LogP contribution in [0.25, 0.3) is 0 Å². The standard InChI is InChI=1S/C32H34N6O4/c39-38(40)30-15-11-28(12-16-30)36-35-27-9-13-29(14-10-27)37-19-17-33-23-25-5-1-3-7-31(25)41-21-22-42-32-8-4-2-6-26(32)24-34-18-20-37/h1-16,33-34H,17-24H2. The fraction of sp³-hybridized carbons (Fsp3) is 0.250. The summed E-state index contributed by atoms with van der Waals surface area (Å²) in [6.45, 7) is 5.56. The molecule has 0 spiro atoms. The predicted molar refractivity (Wildman–Crippen MR) is 163 cm³/mol. The van der Waals surface area contributed by atoms with E-state index in [1.807, 2.05) is 60.7 Å². The number of rotatable bonds is 4. The molecule has 0 unspecified atom stereocenters. The minimum absolute atomic E-state index is 0.0242. The zero-order valence-corrected chi connectivity index (χ0v) is 23.3. The van der Waals surface area contributed by atoms with Gasteiger partial charge in [0.1, 0.15) is 24.7 Å². The zero-order chi connectivity index (χ0) is 29.0. The summed E-state index contributed by atoms with van der Waals surface area (Å²) in [6.07, 6.45) is 0. The Bertz CT molecular complexity index is 1420. The van der Waals surface area contributed by atoms with E-state index in [1.54, 1.807) is 12.1 Å². The predicted octanol–water partition coefficient (Wildman–Crippen LogP) is 6.17. The van der Waals surface area contributed by atoms with Crippen LogP contribution in [0.3, 0.4) is 0 Å². The molecule has 1 aliphatic rings. The molecule has 4 aromatic carbocycles. The van der Waals surface area contributed by atoms with E-state index in [1.165, 1.54) is 12.1 Å². The number of azo groups is 1. The number of anilines is 1. The molecule has 0 saturated heterocycles. The van der Waals surface area contributed by atoms with Gasteiger partial charge in [-0.2, -0.15) is 10.2 Å². The first-order valence-electron chi connectivity index (χ1n) is 14.0. The lowest BCUT2D eigenvalue weighted by molar-refractivity contribution is -0.384. The van der Waals surface area contributed by atoms with E-state index in [4.69, 9.17) is 9.47 Å². The van der Waals surface area contributed by atoms with Gasteiger partial charge in [0, 0.05) is 68.2 Å². The highest BCUT2D eigenvalue weighted by Gasteiger charge is 2.10. The SMILES string of the molecule is O=[N+]([O-])c1ccc(N=Nc2ccc(N3CCNCc4ccccc4OCCOc4ccccc4CNCC3)cc2)cc1. The van der Waals surface area contributed by atoms with E-state index in [-0.39, 0.29) is 5.69 Å². The Morgan fingerprint density at radius 2 is 1.14 bits per heavy atom. The number of nitro benzene ring substituents is 1. The first-order valence-corrected chi connectivity index (χ1v) is 14.0. The Labute approximate surface area is 245 Å². The number of non-ortho nitro benzene ring substituents is 1. The molecule has 0 aliphatic carbocycles. The average Bonchev–Trinajstić information content (AvgIpc) is 3.03. The van der Waals surface area contributed by atoms with E-state index in [0.29, 0.717) is 37.7 Å². The van der Waals surface area contributed by atoms with Crippen molar-refractivity contribution in [3.63, 3.8) is 0 Å². The number of hydrogen-bond acceptors (Lipinski definition) is 9. The maximum atomic E-state index is 10.9. The summed E-state index contributed by atoms with van der Waals surface area (Å²) in [5.74, 6) is 1.73. The largest absolute Gasteiger partial charge is 0.490 e. The molecule has 216 valence electrons. The zero-order valence-electron chi connectivity index (χ0n) is 23.3. The normalized spacial score (nSPS) is 15.1. The third kappa shape index (κ3) is 8.12. The van der Waals surface area contributed by atoms with E-state index in [0.717, 1.165) is 54.5 Å². The van der Waals surface area contributed by atoms with E-state index in [9.17, 15) is 10.1 Å². The molecule has 0 amide bonds. The molecule has 0 atom stereocenters. The van der Waals surface area contributed by atoms with Crippen LogP contribution in [0.1, 0.15) is 11.1 Å². The second-order valence-corrected chi connectivity index (χ2v) is 9.74. The molecule has 42 heavy (non-hydrogen) atoms. The summed E-state index contributed by atoms with van der Waals surface area (Å²) in [7, 11) is 0. The summed E-state index contributed by atoms with van der Waals surface area (Å²) >= 11 is 0. The molecule has 5 rings (SSSR count). The second-order valence-electron chi connectivity index (χ2n) is 9.74. The van der Waals surface area contributed by atoms with Crippen LogP contribution in [0.15, 0.2) is 107 Å². The van der Waals surface area contributed by atoms with Gasteiger partial charge in [0.2, 0.25) is 0 Å². The quantitative estimate of drug-likeness (QED) is 0.173. The fourth-order valence-electron chi connectivity index (χ4n) is 4.62. The van der Waals surface area contributed by atoms with Crippen molar-refractivity contribution < 1.29 is 14.4 Å². The summed E-state index contributed by atoms with van der Waals surface area (Å²) < 4.78 is 12.1. The molecule has 0 fully saturated rings. The van der Waals surface area contributed by atoms with E-state index in [2.05, 4.69) is 37.9 Å². The third-order valence-corrected chi connectivity index (χ3v) is 6.85. The van der Waals surface area contributed by atoms with Crippen molar-refractivity contribution in [2.75, 3.05) is 44.3 Å². The maximum Gasteiger partial charge on any atom is 0.269 e. The highest BCUT2D eigenvalue weighted by Crippen LogP contribution is 2.24. The number of benzene rings is 4. The van der Waals surface area contributed by atoms with Crippen LogP contribution in [-0.4, -0.2) is 44.3 Å². The van der Waals surface area contributed by atoms with Gasteiger partial charge in [-0.15, -0.1) is 0 Å². The number of fused-ring (bicyclic) bond motifs is 2. The molecule has 0 bridgehead atoms. The van der Waals surface area contributed by atoms with Crippen molar-refractivity contribution in [3.05, 3.63) is 118 Å². The summed E-state index contributed by atoms with van der Waals surface area (Å²) in [5.41, 5.74) is 4.58. The van der Waals surface area contributed by atoms with Crippen LogP contribution in [0.4, 0.5) is 22.7 Å². The second kappa shape index (κ2) is 14.7. The molecule has 2 N–H and O–H groups in total. The lowest BCUT2D eigenvalue weighted by atomic mass is 10.2. The Kier molecular flexibility index (Phi) is 10.1. The highest BCUT2D eigenvalue weighted by molar-refractivity contribution is 5.53. The third-order valence-electron chi connectivity index (χ3n) is 6.85. The molecule has 0 saturated carbocycles. The number of para-hydroxylation sites is 2. The van der Waals surface area contributed by atoms with Gasteiger partial charge in [0.25, 0.3) is 5.69 Å². The minimum atomic E-state index is -0.435. The van der Waals surface area contributed by atoms with Crippen molar-refractivity contribution >= 4 is 22.7 Å². The molecule has 0 radical (unpaired) electrons. The van der Waals surface area contributed by atoms with Gasteiger partial charge in [-0.25, -0.2) is 0 Å². The fourth-order valence-corrected chi connectivity index (χ4v) is 4.62. The Hall–Kier alpha value is -4.80. The lowest BCUT2D eigenvalue weighted by Crippen LogP contribution is -2.36. The molecule has 10 nitrogen and oxygen atoms in total. The molecule has 4 aromatic rings. The highest BCUT2D eigenvalue weighted by atomic mass is 16.6. The first-order chi connectivity index (χ1) is 20.7. The maximum absolute atomic E-state index is 10.9. The molecule has 10 heteroatoms. The average molecular weight is 567 g/mol. The summed E-state index contributed by atoms with van der Waals surface area (Å²) in [5, 5.41) is 26.5. The Morgan fingerprint density at radius 3 is 1.64 bits per heavy atom. The van der Waals surface area contributed by atoms with Crippen LogP contribution < -0.4 is 25.0 Å². The number of nitrogens with zero attached hydrogens (tertiary/aromatic N) is 4. The summed E-state index contributed by atoms with van der Waals surface area (Å²) in [6, 6.07) is 30.1. The van der Waals surface area contributed by atoms with Crippen LogP contribution in [0.2, 0.25) is 0 Å².